The summed E-state index contributed by atoms with van der Waals surface area (Å²) in [6.45, 7) is 53.4. The van der Waals surface area contributed by atoms with E-state index in [0.29, 0.717) is 30.2 Å². The molecule has 1 aliphatic heterocycles. The molecule has 0 aromatic heterocycles. The van der Waals surface area contributed by atoms with E-state index in [1.807, 2.05) is 0 Å². The quantitative estimate of drug-likeness (QED) is 0.324. The first kappa shape index (κ1) is 30.6. The first-order chi connectivity index (χ1) is 13.5. The van der Waals surface area contributed by atoms with Crippen molar-refractivity contribution in [2.75, 3.05) is 0 Å². The molecule has 1 rings (SSSR count). The molecule has 0 fully saturated rings. The molecule has 0 radical (unpaired) electrons. The molecular weight excluding hydrogens is 449 g/mol. The second-order valence-corrected chi connectivity index (χ2v) is 55.2. The number of hydrogen-bond donors (Lipinski definition) is 0. The standard InChI is InChI=1S/C28H62Si4/c1-23(2,3)31(24(4,5)6,25(7,8)9)29(19)21-22-30(29,20)32(26(10,11)12,27(13,14)15)28(16,17)18/h21-22H,1-20H3/t29-,30-/m0/s1. The van der Waals surface area contributed by atoms with Gasteiger partial charge in [-0.1, -0.05) is 138 Å². The molecule has 190 valence electrons. The minimum atomic E-state index is -1.87. The van der Waals surface area contributed by atoms with Crippen molar-refractivity contribution in [1.29, 1.82) is 0 Å². The van der Waals surface area contributed by atoms with Crippen molar-refractivity contribution in [1.82, 2.24) is 0 Å². The van der Waals surface area contributed by atoms with E-state index in [2.05, 4.69) is 149 Å². The lowest BCUT2D eigenvalue weighted by molar-refractivity contribution is 0.549. The molecule has 32 heavy (non-hydrogen) atoms. The SMILES string of the molecule is CC(C)(C)[Si](C(C)(C)C)(C(C)(C)C)[Si@@]1(C)C=C[Si@]1(C)[Si](C(C)(C)C)(C(C)(C)C)C(C)(C)C. The summed E-state index contributed by atoms with van der Waals surface area (Å²) in [6.07, 6.45) is 0. The van der Waals surface area contributed by atoms with Gasteiger partial charge in [-0.15, -0.1) is 11.4 Å². The lowest BCUT2D eigenvalue weighted by Gasteiger charge is -2.78. The Hall–Kier alpha value is 0.608. The molecule has 0 aromatic rings. The first-order valence-electron chi connectivity index (χ1n) is 13.2. The summed E-state index contributed by atoms with van der Waals surface area (Å²) < 4.78 is 0. The van der Waals surface area contributed by atoms with Gasteiger partial charge in [-0.3, -0.25) is 0 Å². The normalized spacial score (nSPS) is 26.9. The molecule has 2 atom stereocenters. The van der Waals surface area contributed by atoms with Crippen LogP contribution in [0.2, 0.25) is 43.3 Å². The van der Waals surface area contributed by atoms with Crippen molar-refractivity contribution in [2.45, 2.75) is 168 Å². The maximum atomic E-state index is 2.93. The van der Waals surface area contributed by atoms with Gasteiger partial charge in [0.1, 0.15) is 0 Å². The van der Waals surface area contributed by atoms with Gasteiger partial charge in [-0.05, 0) is 30.2 Å². The summed E-state index contributed by atoms with van der Waals surface area (Å²) >= 11 is 0. The molecule has 1 heterocycles. The van der Waals surface area contributed by atoms with Crippen molar-refractivity contribution in [3.05, 3.63) is 11.4 Å². The average molecular weight is 511 g/mol. The third-order valence-electron chi connectivity index (χ3n) is 10.1. The fourth-order valence-corrected chi connectivity index (χ4v) is 124. The summed E-state index contributed by atoms with van der Waals surface area (Å²) in [5, 5.41) is 2.23. The van der Waals surface area contributed by atoms with Gasteiger partial charge in [0.25, 0.3) is 0 Å². The van der Waals surface area contributed by atoms with Crippen molar-refractivity contribution in [3.8, 4) is 0 Å². The van der Waals surface area contributed by atoms with Crippen molar-refractivity contribution in [2.24, 2.45) is 0 Å². The second kappa shape index (κ2) is 7.55. The van der Waals surface area contributed by atoms with E-state index in [4.69, 9.17) is 0 Å². The van der Waals surface area contributed by atoms with Crippen molar-refractivity contribution < 1.29 is 0 Å². The maximum absolute atomic E-state index is 2.93. The minimum absolute atomic E-state index is 0.372. The van der Waals surface area contributed by atoms with E-state index < -0.39 is 29.4 Å². The molecule has 0 amide bonds. The van der Waals surface area contributed by atoms with Gasteiger partial charge in [-0.25, -0.2) is 0 Å². The Morgan fingerprint density at radius 2 is 0.469 bits per heavy atom. The summed E-state index contributed by atoms with van der Waals surface area (Å²) in [5.74, 6) is 0. The van der Waals surface area contributed by atoms with Crippen LogP contribution >= 0.6 is 0 Å². The Labute approximate surface area is 208 Å². The van der Waals surface area contributed by atoms with Crippen LogP contribution in [-0.2, 0) is 0 Å². The van der Waals surface area contributed by atoms with Crippen LogP contribution in [0, 0.1) is 0 Å². The molecule has 4 heteroatoms. The Morgan fingerprint density at radius 1 is 0.344 bits per heavy atom. The molecule has 0 saturated carbocycles. The Morgan fingerprint density at radius 3 is 0.531 bits per heavy atom. The molecule has 0 aliphatic carbocycles. The minimum Gasteiger partial charge on any atom is -0.107 e. The summed E-state index contributed by atoms with van der Waals surface area (Å²) in [4.78, 5) is 0. The molecule has 0 spiro atoms. The Balaban J connectivity index is 4.43. The van der Waals surface area contributed by atoms with E-state index in [1.54, 1.807) is 0 Å². The number of rotatable bonds is 2. The summed E-state index contributed by atoms with van der Waals surface area (Å²) in [5.41, 5.74) is 5.86. The molecule has 0 saturated heterocycles. The third-order valence-corrected chi connectivity index (χ3v) is 80.6. The molecule has 0 N–H and O–H groups in total. The second-order valence-electron chi connectivity index (χ2n) is 17.7. The van der Waals surface area contributed by atoms with Crippen molar-refractivity contribution in [3.63, 3.8) is 0 Å². The van der Waals surface area contributed by atoms with Gasteiger partial charge < -0.3 is 0 Å². The van der Waals surface area contributed by atoms with Gasteiger partial charge in [0, 0.05) is 0 Å². The van der Waals surface area contributed by atoms with Crippen LogP contribution in [0.25, 0.3) is 0 Å². The Bertz CT molecular complexity index is 599. The van der Waals surface area contributed by atoms with Gasteiger partial charge in [-0.2, -0.15) is 0 Å². The molecule has 0 nitrogen and oxygen atoms in total. The highest BCUT2D eigenvalue weighted by Gasteiger charge is 2.82. The van der Waals surface area contributed by atoms with E-state index in [9.17, 15) is 0 Å². The Kier molecular flexibility index (Phi) is 7.23. The fourth-order valence-electron chi connectivity index (χ4n) is 13.0. The smallest absolute Gasteiger partial charge is 0.0655 e. The van der Waals surface area contributed by atoms with Crippen LogP contribution in [0.3, 0.4) is 0 Å². The van der Waals surface area contributed by atoms with Crippen LogP contribution in [0.5, 0.6) is 0 Å². The zero-order valence-corrected chi connectivity index (χ0v) is 30.2. The van der Waals surface area contributed by atoms with Crippen LogP contribution < -0.4 is 0 Å². The molecule has 0 bridgehead atoms. The predicted octanol–water partition coefficient (Wildman–Crippen LogP) is 10.7. The van der Waals surface area contributed by atoms with E-state index in [0.717, 1.165) is 0 Å². The molecular formula is C28H62Si4. The highest BCUT2D eigenvalue weighted by Crippen LogP contribution is 2.74. The first-order valence-corrected chi connectivity index (χ1v) is 25.3. The van der Waals surface area contributed by atoms with Crippen LogP contribution in [-0.4, -0.2) is 29.4 Å². The molecule has 0 aromatic carbocycles. The largest absolute Gasteiger partial charge is 0.107 e. The summed E-state index contributed by atoms with van der Waals surface area (Å²) in [6, 6.07) is 0. The van der Waals surface area contributed by atoms with E-state index in [-0.39, 0.29) is 0 Å². The molecule has 0 unspecified atom stereocenters. The maximum Gasteiger partial charge on any atom is 0.0655 e. The topological polar surface area (TPSA) is 0 Å². The lowest BCUT2D eigenvalue weighted by Crippen LogP contribution is -2.95. The zero-order chi connectivity index (χ0) is 26.4. The zero-order valence-electron chi connectivity index (χ0n) is 26.2. The monoisotopic (exact) mass is 510 g/mol. The van der Waals surface area contributed by atoms with Crippen LogP contribution in [0.15, 0.2) is 11.4 Å². The van der Waals surface area contributed by atoms with Crippen LogP contribution in [0.4, 0.5) is 0 Å². The van der Waals surface area contributed by atoms with Gasteiger partial charge in [0.2, 0.25) is 0 Å². The highest BCUT2D eigenvalue weighted by atomic mass is 29.8. The lowest BCUT2D eigenvalue weighted by atomic mass is 10.2. The van der Waals surface area contributed by atoms with E-state index in [1.165, 1.54) is 0 Å². The summed E-state index contributed by atoms with van der Waals surface area (Å²) in [7, 11) is -7.23. The van der Waals surface area contributed by atoms with Gasteiger partial charge in [0.05, 0.1) is 29.4 Å². The number of hydrogen-bond acceptors (Lipinski definition) is 0. The molecule has 1 aliphatic rings. The average Bonchev–Trinajstić information content (AvgIpc) is 2.36. The highest BCUT2D eigenvalue weighted by molar-refractivity contribution is 7.90. The van der Waals surface area contributed by atoms with Gasteiger partial charge in [0.15, 0.2) is 0 Å². The third kappa shape index (κ3) is 3.42. The predicted molar refractivity (Wildman–Crippen MR) is 162 cm³/mol. The van der Waals surface area contributed by atoms with E-state index >= 15 is 0 Å². The van der Waals surface area contributed by atoms with Crippen LogP contribution in [0.1, 0.15) is 125 Å². The fraction of sp³-hybridized carbons (Fsp3) is 0.929. The van der Waals surface area contributed by atoms with Gasteiger partial charge >= 0.3 is 0 Å². The van der Waals surface area contributed by atoms with Crippen molar-refractivity contribution >= 4 is 29.4 Å².